The van der Waals surface area contributed by atoms with E-state index in [0.717, 1.165) is 17.1 Å². The van der Waals surface area contributed by atoms with Gasteiger partial charge in [-0.1, -0.05) is 0 Å². The Morgan fingerprint density at radius 1 is 1.38 bits per heavy atom. The summed E-state index contributed by atoms with van der Waals surface area (Å²) in [5.74, 6) is 0.793. The molecule has 0 spiro atoms. The third-order valence-corrected chi connectivity index (χ3v) is 3.91. The number of hydrogen-bond acceptors (Lipinski definition) is 6. The molecule has 0 aromatic carbocycles. The summed E-state index contributed by atoms with van der Waals surface area (Å²) >= 11 is 0. The predicted octanol–water partition coefficient (Wildman–Crippen LogP) is 0.648. The highest BCUT2D eigenvalue weighted by Gasteiger charge is 2.29. The zero-order valence-electron chi connectivity index (χ0n) is 14.2. The summed E-state index contributed by atoms with van der Waals surface area (Å²) in [7, 11) is 3.83. The van der Waals surface area contributed by atoms with Gasteiger partial charge in [0.25, 0.3) is 0 Å². The normalized spacial score (nSPS) is 17.8. The number of carbonyl (C=O) groups excluding carboxylic acids is 1. The second-order valence-corrected chi connectivity index (χ2v) is 6.07. The summed E-state index contributed by atoms with van der Waals surface area (Å²) in [6.45, 7) is 3.72. The van der Waals surface area contributed by atoms with E-state index < -0.39 is 0 Å². The summed E-state index contributed by atoms with van der Waals surface area (Å²) in [6.07, 6.45) is 6.65. The van der Waals surface area contributed by atoms with Gasteiger partial charge in [0.05, 0.1) is 19.3 Å². The van der Waals surface area contributed by atoms with E-state index in [2.05, 4.69) is 15.1 Å². The molecule has 1 fully saturated rings. The molecule has 0 N–H and O–H groups in total. The Kier molecular flexibility index (Phi) is 4.75. The molecule has 3 rings (SSSR count). The van der Waals surface area contributed by atoms with Crippen LogP contribution in [0.3, 0.4) is 0 Å². The van der Waals surface area contributed by atoms with Crippen LogP contribution in [0.1, 0.15) is 17.4 Å². The Morgan fingerprint density at radius 3 is 2.88 bits per heavy atom. The van der Waals surface area contributed by atoms with Gasteiger partial charge in [0.2, 0.25) is 5.91 Å². The van der Waals surface area contributed by atoms with Gasteiger partial charge in [-0.2, -0.15) is 5.10 Å². The molecular weight excluding hydrogens is 308 g/mol. The van der Waals surface area contributed by atoms with Crippen LogP contribution in [-0.4, -0.2) is 64.3 Å². The molecule has 1 amide bonds. The van der Waals surface area contributed by atoms with E-state index >= 15 is 0 Å². The fourth-order valence-electron chi connectivity index (χ4n) is 2.75. The van der Waals surface area contributed by atoms with Gasteiger partial charge < -0.3 is 14.5 Å². The molecule has 1 atom stereocenters. The van der Waals surface area contributed by atoms with Crippen molar-refractivity contribution >= 4 is 11.7 Å². The maximum absolute atomic E-state index is 12.5. The molecule has 8 heteroatoms. The highest BCUT2D eigenvalue weighted by molar-refractivity contribution is 5.76. The van der Waals surface area contributed by atoms with E-state index in [1.54, 1.807) is 28.2 Å². The van der Waals surface area contributed by atoms with Crippen LogP contribution in [0.4, 0.5) is 5.82 Å². The van der Waals surface area contributed by atoms with Crippen molar-refractivity contribution < 1.29 is 9.53 Å². The first-order chi connectivity index (χ1) is 11.5. The van der Waals surface area contributed by atoms with E-state index in [4.69, 9.17) is 4.74 Å². The number of anilines is 1. The Morgan fingerprint density at radius 2 is 2.17 bits per heavy atom. The van der Waals surface area contributed by atoms with E-state index in [9.17, 15) is 4.79 Å². The number of carbonyl (C=O) groups is 1. The number of hydrogen-bond donors (Lipinski definition) is 0. The van der Waals surface area contributed by atoms with E-state index in [1.165, 1.54) is 0 Å². The lowest BCUT2D eigenvalue weighted by molar-refractivity contribution is -0.140. The zero-order chi connectivity index (χ0) is 17.1. The monoisotopic (exact) mass is 330 g/mol. The predicted molar refractivity (Wildman–Crippen MR) is 88.6 cm³/mol. The maximum atomic E-state index is 12.5. The lowest BCUT2D eigenvalue weighted by atomic mass is 10.2. The standard InChI is InChI=1S/C16H22N6O2/c1-12-8-19-22(9-12)11-14(23)21-6-7-24-13(10-21)15-16(20(2)3)18-5-4-17-15/h4-5,8-9,13H,6-7,10-11H2,1-3H3/t13-/m0/s1. The Balaban J connectivity index is 1.71. The average molecular weight is 330 g/mol. The van der Waals surface area contributed by atoms with Crippen molar-refractivity contribution in [2.24, 2.45) is 0 Å². The fraction of sp³-hybridized carbons (Fsp3) is 0.500. The molecular formula is C16H22N6O2. The number of morpholine rings is 1. The quantitative estimate of drug-likeness (QED) is 0.819. The number of ether oxygens (including phenoxy) is 1. The molecule has 24 heavy (non-hydrogen) atoms. The van der Waals surface area contributed by atoms with Gasteiger partial charge in [0.1, 0.15) is 18.3 Å². The van der Waals surface area contributed by atoms with Crippen LogP contribution in [0, 0.1) is 6.92 Å². The van der Waals surface area contributed by atoms with Gasteiger partial charge in [-0.25, -0.2) is 4.98 Å². The molecule has 0 radical (unpaired) electrons. The lowest BCUT2D eigenvalue weighted by Gasteiger charge is -2.33. The SMILES string of the molecule is Cc1cnn(CC(=O)N2CCO[C@H](c3nccnc3N(C)C)C2)c1. The van der Waals surface area contributed by atoms with E-state index in [1.807, 2.05) is 32.1 Å². The van der Waals surface area contributed by atoms with Crippen LogP contribution in [-0.2, 0) is 16.1 Å². The number of nitrogens with zero attached hydrogens (tertiary/aromatic N) is 6. The molecule has 2 aromatic rings. The van der Waals surface area contributed by atoms with Gasteiger partial charge in [0, 0.05) is 39.2 Å². The maximum Gasteiger partial charge on any atom is 0.244 e. The summed E-state index contributed by atoms with van der Waals surface area (Å²) in [5, 5.41) is 4.17. The van der Waals surface area contributed by atoms with Gasteiger partial charge in [0.15, 0.2) is 5.82 Å². The average Bonchev–Trinajstić information content (AvgIpc) is 2.99. The Hall–Kier alpha value is -2.48. The molecule has 1 aliphatic heterocycles. The summed E-state index contributed by atoms with van der Waals surface area (Å²) in [6, 6.07) is 0. The molecule has 0 saturated carbocycles. The van der Waals surface area contributed by atoms with Crippen LogP contribution >= 0.6 is 0 Å². The van der Waals surface area contributed by atoms with Crippen molar-refractivity contribution in [1.29, 1.82) is 0 Å². The van der Waals surface area contributed by atoms with Gasteiger partial charge in [-0.05, 0) is 12.5 Å². The van der Waals surface area contributed by atoms with Crippen molar-refractivity contribution in [3.63, 3.8) is 0 Å². The highest BCUT2D eigenvalue weighted by atomic mass is 16.5. The van der Waals surface area contributed by atoms with Crippen molar-refractivity contribution in [2.75, 3.05) is 38.7 Å². The third kappa shape index (κ3) is 3.53. The van der Waals surface area contributed by atoms with E-state index in [-0.39, 0.29) is 18.6 Å². The van der Waals surface area contributed by atoms with Crippen molar-refractivity contribution in [1.82, 2.24) is 24.6 Å². The van der Waals surface area contributed by atoms with Crippen molar-refractivity contribution in [3.8, 4) is 0 Å². The number of aromatic nitrogens is 4. The largest absolute Gasteiger partial charge is 0.368 e. The molecule has 0 bridgehead atoms. The molecule has 1 aliphatic rings. The Labute approximate surface area is 141 Å². The summed E-state index contributed by atoms with van der Waals surface area (Å²) in [5.41, 5.74) is 1.80. The molecule has 0 unspecified atom stereocenters. The van der Waals surface area contributed by atoms with Crippen LogP contribution in [0.2, 0.25) is 0 Å². The second kappa shape index (κ2) is 6.96. The molecule has 1 saturated heterocycles. The molecule has 128 valence electrons. The van der Waals surface area contributed by atoms with E-state index in [0.29, 0.717) is 19.7 Å². The third-order valence-electron chi connectivity index (χ3n) is 3.91. The number of aryl methyl sites for hydroxylation is 1. The molecule has 0 aliphatic carbocycles. The first-order valence-corrected chi connectivity index (χ1v) is 7.91. The minimum absolute atomic E-state index is 0.0293. The smallest absolute Gasteiger partial charge is 0.244 e. The number of rotatable bonds is 4. The van der Waals surface area contributed by atoms with Gasteiger partial charge in [-0.3, -0.25) is 14.5 Å². The van der Waals surface area contributed by atoms with Crippen LogP contribution in [0.25, 0.3) is 0 Å². The lowest BCUT2D eigenvalue weighted by Crippen LogP contribution is -2.44. The number of amides is 1. The highest BCUT2D eigenvalue weighted by Crippen LogP contribution is 2.26. The minimum atomic E-state index is -0.270. The van der Waals surface area contributed by atoms with Crippen molar-refractivity contribution in [3.05, 3.63) is 36.0 Å². The summed E-state index contributed by atoms with van der Waals surface area (Å²) < 4.78 is 7.51. The molecule has 3 heterocycles. The van der Waals surface area contributed by atoms with Crippen LogP contribution in [0.5, 0.6) is 0 Å². The first-order valence-electron chi connectivity index (χ1n) is 7.91. The first kappa shape index (κ1) is 16.4. The molecule has 8 nitrogen and oxygen atoms in total. The van der Waals surface area contributed by atoms with Gasteiger partial charge in [-0.15, -0.1) is 0 Å². The fourth-order valence-corrected chi connectivity index (χ4v) is 2.75. The topological polar surface area (TPSA) is 76.4 Å². The van der Waals surface area contributed by atoms with Crippen molar-refractivity contribution in [2.45, 2.75) is 19.6 Å². The van der Waals surface area contributed by atoms with Crippen LogP contribution in [0.15, 0.2) is 24.8 Å². The Bertz CT molecular complexity index is 714. The molecule has 2 aromatic heterocycles. The van der Waals surface area contributed by atoms with Gasteiger partial charge >= 0.3 is 0 Å². The van der Waals surface area contributed by atoms with Crippen LogP contribution < -0.4 is 4.90 Å². The summed E-state index contributed by atoms with van der Waals surface area (Å²) in [4.78, 5) is 25.0. The second-order valence-electron chi connectivity index (χ2n) is 6.07. The zero-order valence-corrected chi connectivity index (χ0v) is 14.2. The minimum Gasteiger partial charge on any atom is -0.368 e.